The monoisotopic (exact) mass is 199 g/mol. The van der Waals surface area contributed by atoms with Crippen molar-refractivity contribution in [3.05, 3.63) is 65.5 Å². The molecule has 2 aromatic rings. The van der Waals surface area contributed by atoms with Crippen molar-refractivity contribution in [2.24, 2.45) is 0 Å². The second kappa shape index (κ2) is 4.71. The molecular formula is C13H13NO. The first-order chi connectivity index (χ1) is 7.40. The van der Waals surface area contributed by atoms with E-state index < -0.39 is 0 Å². The normalized spacial score (nSPS) is 10.2. The van der Waals surface area contributed by atoms with E-state index in [0.29, 0.717) is 0 Å². The van der Waals surface area contributed by atoms with Crippen LogP contribution in [0.25, 0.3) is 0 Å². The Morgan fingerprint density at radius 2 is 1.80 bits per heavy atom. The fraction of sp³-hybridized carbons (Fsp3) is 0.154. The van der Waals surface area contributed by atoms with E-state index in [-0.39, 0.29) is 6.61 Å². The molecule has 1 aromatic heterocycles. The Kier molecular flexibility index (Phi) is 3.10. The van der Waals surface area contributed by atoms with E-state index in [0.717, 1.165) is 17.7 Å². The third-order valence-corrected chi connectivity index (χ3v) is 2.37. The maximum absolute atomic E-state index is 9.16. The molecule has 0 fully saturated rings. The fourth-order valence-electron chi connectivity index (χ4n) is 1.56. The Labute approximate surface area is 89.2 Å². The summed E-state index contributed by atoms with van der Waals surface area (Å²) in [7, 11) is 0. The Hall–Kier alpha value is -1.67. The van der Waals surface area contributed by atoms with Crippen LogP contribution >= 0.6 is 0 Å². The molecule has 2 heteroatoms. The number of hydrogen-bond donors (Lipinski definition) is 1. The first kappa shape index (κ1) is 9.87. The summed E-state index contributed by atoms with van der Waals surface area (Å²) in [5, 5.41) is 9.16. The molecule has 0 unspecified atom stereocenters. The lowest BCUT2D eigenvalue weighted by Gasteiger charge is -2.05. The molecule has 1 heterocycles. The van der Waals surface area contributed by atoms with Gasteiger partial charge in [0.1, 0.15) is 0 Å². The number of benzene rings is 1. The van der Waals surface area contributed by atoms with Crippen LogP contribution in [0.1, 0.15) is 16.8 Å². The van der Waals surface area contributed by atoms with Gasteiger partial charge in [0.15, 0.2) is 0 Å². The van der Waals surface area contributed by atoms with Gasteiger partial charge in [-0.1, -0.05) is 36.4 Å². The van der Waals surface area contributed by atoms with Crippen LogP contribution in [0.4, 0.5) is 0 Å². The molecule has 15 heavy (non-hydrogen) atoms. The number of hydrogen-bond acceptors (Lipinski definition) is 2. The van der Waals surface area contributed by atoms with Crippen LogP contribution < -0.4 is 0 Å². The van der Waals surface area contributed by atoms with Crippen molar-refractivity contribution in [2.45, 2.75) is 13.0 Å². The standard InChI is InChI=1S/C13H13NO/c15-10-12-7-4-8-14-13(12)9-11-5-2-1-3-6-11/h1-8,15H,9-10H2. The zero-order valence-electron chi connectivity index (χ0n) is 8.43. The summed E-state index contributed by atoms with van der Waals surface area (Å²) in [5.41, 5.74) is 3.07. The van der Waals surface area contributed by atoms with Gasteiger partial charge in [0, 0.05) is 12.6 Å². The predicted octanol–water partition coefficient (Wildman–Crippen LogP) is 2.16. The van der Waals surface area contributed by atoms with Crippen molar-refractivity contribution < 1.29 is 5.11 Å². The molecule has 0 aliphatic rings. The minimum atomic E-state index is 0.0516. The highest BCUT2D eigenvalue weighted by molar-refractivity contribution is 5.26. The quantitative estimate of drug-likeness (QED) is 0.821. The lowest BCUT2D eigenvalue weighted by Crippen LogP contribution is -1.98. The Balaban J connectivity index is 2.24. The summed E-state index contributed by atoms with van der Waals surface area (Å²) >= 11 is 0. The van der Waals surface area contributed by atoms with Crippen molar-refractivity contribution in [1.29, 1.82) is 0 Å². The number of pyridine rings is 1. The highest BCUT2D eigenvalue weighted by Crippen LogP contribution is 2.11. The molecule has 0 bridgehead atoms. The number of aromatic nitrogens is 1. The van der Waals surface area contributed by atoms with E-state index in [1.165, 1.54) is 5.56 Å². The first-order valence-electron chi connectivity index (χ1n) is 4.97. The molecule has 1 aromatic carbocycles. The van der Waals surface area contributed by atoms with Crippen molar-refractivity contribution in [2.75, 3.05) is 0 Å². The molecule has 2 rings (SSSR count). The van der Waals surface area contributed by atoms with Gasteiger partial charge in [-0.15, -0.1) is 0 Å². The average molecular weight is 199 g/mol. The van der Waals surface area contributed by atoms with Gasteiger partial charge in [0.2, 0.25) is 0 Å². The molecule has 76 valence electrons. The van der Waals surface area contributed by atoms with Gasteiger partial charge in [-0.3, -0.25) is 4.98 Å². The maximum Gasteiger partial charge on any atom is 0.0699 e. The van der Waals surface area contributed by atoms with E-state index in [1.54, 1.807) is 6.20 Å². The van der Waals surface area contributed by atoms with Crippen LogP contribution in [0.15, 0.2) is 48.7 Å². The molecule has 0 aliphatic carbocycles. The lowest BCUT2D eigenvalue weighted by molar-refractivity contribution is 0.280. The third kappa shape index (κ3) is 2.42. The zero-order valence-corrected chi connectivity index (χ0v) is 8.43. The van der Waals surface area contributed by atoms with Gasteiger partial charge >= 0.3 is 0 Å². The molecule has 0 saturated carbocycles. The van der Waals surface area contributed by atoms with Gasteiger partial charge in [0.05, 0.1) is 12.3 Å². The van der Waals surface area contributed by atoms with Crippen LogP contribution in [-0.2, 0) is 13.0 Å². The van der Waals surface area contributed by atoms with E-state index in [2.05, 4.69) is 17.1 Å². The maximum atomic E-state index is 9.16. The molecule has 0 saturated heterocycles. The van der Waals surface area contributed by atoms with Gasteiger partial charge in [0.25, 0.3) is 0 Å². The van der Waals surface area contributed by atoms with E-state index in [4.69, 9.17) is 5.11 Å². The Bertz CT molecular complexity index is 426. The predicted molar refractivity (Wildman–Crippen MR) is 59.4 cm³/mol. The second-order valence-corrected chi connectivity index (χ2v) is 3.43. The molecule has 0 aliphatic heterocycles. The van der Waals surface area contributed by atoms with Crippen LogP contribution in [0.3, 0.4) is 0 Å². The van der Waals surface area contributed by atoms with E-state index in [1.807, 2.05) is 30.3 Å². The summed E-state index contributed by atoms with van der Waals surface area (Å²) in [4.78, 5) is 4.28. The topological polar surface area (TPSA) is 33.1 Å². The minimum absolute atomic E-state index is 0.0516. The van der Waals surface area contributed by atoms with E-state index in [9.17, 15) is 0 Å². The molecular weight excluding hydrogens is 186 g/mol. The first-order valence-corrected chi connectivity index (χ1v) is 4.97. The van der Waals surface area contributed by atoms with Gasteiger partial charge in [-0.2, -0.15) is 0 Å². The average Bonchev–Trinajstić information content (AvgIpc) is 2.31. The van der Waals surface area contributed by atoms with Crippen molar-refractivity contribution in [3.63, 3.8) is 0 Å². The fourth-order valence-corrected chi connectivity index (χ4v) is 1.56. The molecule has 1 N–H and O–H groups in total. The van der Waals surface area contributed by atoms with Crippen LogP contribution in [-0.4, -0.2) is 10.1 Å². The molecule has 0 amide bonds. The van der Waals surface area contributed by atoms with Crippen molar-refractivity contribution in [3.8, 4) is 0 Å². The number of nitrogens with zero attached hydrogens (tertiary/aromatic N) is 1. The third-order valence-electron chi connectivity index (χ3n) is 2.37. The smallest absolute Gasteiger partial charge is 0.0699 e. The Morgan fingerprint density at radius 3 is 2.53 bits per heavy atom. The summed E-state index contributed by atoms with van der Waals surface area (Å²) in [5.74, 6) is 0. The molecule has 0 spiro atoms. The SMILES string of the molecule is OCc1cccnc1Cc1ccccc1. The number of aliphatic hydroxyl groups excluding tert-OH is 1. The highest BCUT2D eigenvalue weighted by atomic mass is 16.3. The van der Waals surface area contributed by atoms with Gasteiger partial charge in [-0.25, -0.2) is 0 Å². The summed E-state index contributed by atoms with van der Waals surface area (Å²) < 4.78 is 0. The van der Waals surface area contributed by atoms with Crippen LogP contribution in [0, 0.1) is 0 Å². The minimum Gasteiger partial charge on any atom is -0.392 e. The number of rotatable bonds is 3. The second-order valence-electron chi connectivity index (χ2n) is 3.43. The lowest BCUT2D eigenvalue weighted by atomic mass is 10.1. The van der Waals surface area contributed by atoms with Crippen molar-refractivity contribution in [1.82, 2.24) is 4.98 Å². The summed E-state index contributed by atoms with van der Waals surface area (Å²) in [6.07, 6.45) is 2.54. The molecule has 2 nitrogen and oxygen atoms in total. The number of aliphatic hydroxyl groups is 1. The summed E-state index contributed by atoms with van der Waals surface area (Å²) in [6, 6.07) is 13.9. The Morgan fingerprint density at radius 1 is 1.00 bits per heavy atom. The largest absolute Gasteiger partial charge is 0.392 e. The highest BCUT2D eigenvalue weighted by Gasteiger charge is 2.02. The van der Waals surface area contributed by atoms with Crippen molar-refractivity contribution >= 4 is 0 Å². The van der Waals surface area contributed by atoms with Gasteiger partial charge < -0.3 is 5.11 Å². The zero-order chi connectivity index (χ0) is 10.5. The van der Waals surface area contributed by atoms with Crippen LogP contribution in [0.5, 0.6) is 0 Å². The summed E-state index contributed by atoms with van der Waals surface area (Å²) in [6.45, 7) is 0.0516. The van der Waals surface area contributed by atoms with Gasteiger partial charge in [-0.05, 0) is 17.2 Å². The van der Waals surface area contributed by atoms with Crippen LogP contribution in [0.2, 0.25) is 0 Å². The molecule has 0 atom stereocenters. The molecule has 0 radical (unpaired) electrons. The van der Waals surface area contributed by atoms with E-state index >= 15 is 0 Å².